The first kappa shape index (κ1) is 12.7. The van der Waals surface area contributed by atoms with Gasteiger partial charge in [-0.1, -0.05) is 0 Å². The van der Waals surface area contributed by atoms with E-state index in [1.807, 2.05) is 0 Å². The number of piperazine rings is 1. The molecule has 0 aliphatic carbocycles. The van der Waals surface area contributed by atoms with Crippen molar-refractivity contribution >= 4 is 28.6 Å². The van der Waals surface area contributed by atoms with E-state index in [9.17, 15) is 4.39 Å². The van der Waals surface area contributed by atoms with Gasteiger partial charge in [0, 0.05) is 38.6 Å². The van der Waals surface area contributed by atoms with Crippen LogP contribution in [-0.4, -0.2) is 53.5 Å². The number of aromatic amines is 1. The maximum absolute atomic E-state index is 13.1. The van der Waals surface area contributed by atoms with Crippen LogP contribution >= 0.6 is 11.6 Å². The van der Waals surface area contributed by atoms with E-state index in [1.165, 1.54) is 12.1 Å². The number of aromatic nitrogens is 2. The van der Waals surface area contributed by atoms with Crippen molar-refractivity contribution in [1.29, 1.82) is 0 Å². The lowest BCUT2D eigenvalue weighted by molar-refractivity contribution is 0.271. The maximum atomic E-state index is 13.1. The molecule has 1 fully saturated rings. The molecule has 1 aliphatic rings. The number of hydrogen-bond acceptors (Lipinski definition) is 3. The molecule has 0 spiro atoms. The molecule has 102 valence electrons. The Kier molecular flexibility index (Phi) is 3.57. The van der Waals surface area contributed by atoms with E-state index < -0.39 is 0 Å². The normalized spacial score (nSPS) is 17.3. The number of rotatable bonds is 3. The number of anilines is 1. The Morgan fingerprint density at radius 2 is 2.05 bits per heavy atom. The van der Waals surface area contributed by atoms with Gasteiger partial charge in [0.2, 0.25) is 5.95 Å². The SMILES string of the molecule is Fc1ccc2nc(N3CCN(CCCl)CC3)[nH]c2c1. The van der Waals surface area contributed by atoms with E-state index in [4.69, 9.17) is 11.6 Å². The Labute approximate surface area is 116 Å². The highest BCUT2D eigenvalue weighted by molar-refractivity contribution is 6.18. The topological polar surface area (TPSA) is 35.2 Å². The standard InChI is InChI=1S/C13H16ClFN4/c14-3-4-18-5-7-19(8-6-18)13-16-11-2-1-10(15)9-12(11)17-13/h1-2,9H,3-8H2,(H,16,17). The molecule has 1 saturated heterocycles. The van der Waals surface area contributed by atoms with Crippen molar-refractivity contribution in [2.45, 2.75) is 0 Å². The number of H-pyrrole nitrogens is 1. The summed E-state index contributed by atoms with van der Waals surface area (Å²) >= 11 is 5.75. The number of nitrogens with one attached hydrogen (secondary N) is 1. The molecule has 0 unspecified atom stereocenters. The summed E-state index contributed by atoms with van der Waals surface area (Å²) in [5.74, 6) is 1.25. The molecule has 3 rings (SSSR count). The van der Waals surface area contributed by atoms with Gasteiger partial charge >= 0.3 is 0 Å². The summed E-state index contributed by atoms with van der Waals surface area (Å²) in [5, 5.41) is 0. The van der Waals surface area contributed by atoms with Gasteiger partial charge in [-0.15, -0.1) is 11.6 Å². The number of imidazole rings is 1. The third-order valence-corrected chi connectivity index (χ3v) is 3.67. The molecule has 0 radical (unpaired) electrons. The average molecular weight is 283 g/mol. The first-order valence-corrected chi connectivity index (χ1v) is 6.98. The molecule has 0 bridgehead atoms. The minimum atomic E-state index is -0.241. The summed E-state index contributed by atoms with van der Waals surface area (Å²) in [5.41, 5.74) is 1.55. The van der Waals surface area contributed by atoms with Crippen molar-refractivity contribution < 1.29 is 4.39 Å². The average Bonchev–Trinajstić information content (AvgIpc) is 2.83. The number of fused-ring (bicyclic) bond motifs is 1. The van der Waals surface area contributed by atoms with Crippen LogP contribution < -0.4 is 4.90 Å². The van der Waals surface area contributed by atoms with Crippen LogP contribution in [0.25, 0.3) is 11.0 Å². The van der Waals surface area contributed by atoms with E-state index in [0.29, 0.717) is 5.88 Å². The lowest BCUT2D eigenvalue weighted by atomic mass is 10.3. The van der Waals surface area contributed by atoms with E-state index in [-0.39, 0.29) is 5.82 Å². The van der Waals surface area contributed by atoms with E-state index in [1.54, 1.807) is 6.07 Å². The van der Waals surface area contributed by atoms with Crippen molar-refractivity contribution in [3.63, 3.8) is 0 Å². The zero-order chi connectivity index (χ0) is 13.2. The largest absolute Gasteiger partial charge is 0.340 e. The van der Waals surface area contributed by atoms with Gasteiger partial charge in [-0.3, -0.25) is 4.90 Å². The smallest absolute Gasteiger partial charge is 0.203 e. The zero-order valence-electron chi connectivity index (χ0n) is 10.6. The van der Waals surface area contributed by atoms with Gasteiger partial charge in [-0.2, -0.15) is 0 Å². The molecule has 6 heteroatoms. The van der Waals surface area contributed by atoms with Gasteiger partial charge in [-0.25, -0.2) is 9.37 Å². The molecular formula is C13H16ClFN4. The van der Waals surface area contributed by atoms with Crippen LogP contribution in [0.1, 0.15) is 0 Å². The summed E-state index contributed by atoms with van der Waals surface area (Å²) in [6.07, 6.45) is 0. The van der Waals surface area contributed by atoms with Crippen LogP contribution in [0.3, 0.4) is 0 Å². The molecule has 19 heavy (non-hydrogen) atoms. The van der Waals surface area contributed by atoms with E-state index in [0.717, 1.165) is 49.7 Å². The first-order valence-electron chi connectivity index (χ1n) is 6.45. The Morgan fingerprint density at radius 1 is 1.26 bits per heavy atom. The number of halogens is 2. The molecule has 0 saturated carbocycles. The predicted molar refractivity (Wildman–Crippen MR) is 75.4 cm³/mol. The van der Waals surface area contributed by atoms with Crippen LogP contribution in [0.5, 0.6) is 0 Å². The Balaban J connectivity index is 1.74. The van der Waals surface area contributed by atoms with Gasteiger partial charge in [0.15, 0.2) is 0 Å². The minimum Gasteiger partial charge on any atom is -0.340 e. The minimum absolute atomic E-state index is 0.241. The van der Waals surface area contributed by atoms with Gasteiger partial charge in [0.1, 0.15) is 5.82 Å². The number of alkyl halides is 1. The monoisotopic (exact) mass is 282 g/mol. The van der Waals surface area contributed by atoms with Crippen LogP contribution in [0.2, 0.25) is 0 Å². The van der Waals surface area contributed by atoms with Gasteiger partial charge in [0.05, 0.1) is 11.0 Å². The molecule has 2 aromatic rings. The lowest BCUT2D eigenvalue weighted by Crippen LogP contribution is -2.47. The molecule has 1 N–H and O–H groups in total. The summed E-state index contributed by atoms with van der Waals surface area (Å²) in [6.45, 7) is 4.73. The highest BCUT2D eigenvalue weighted by atomic mass is 35.5. The van der Waals surface area contributed by atoms with Crippen LogP contribution in [0.4, 0.5) is 10.3 Å². The highest BCUT2D eigenvalue weighted by Gasteiger charge is 2.19. The number of hydrogen-bond donors (Lipinski definition) is 1. The fourth-order valence-electron chi connectivity index (χ4n) is 2.42. The summed E-state index contributed by atoms with van der Waals surface area (Å²) in [4.78, 5) is 12.2. The molecule has 1 aromatic carbocycles. The fourth-order valence-corrected chi connectivity index (χ4v) is 2.66. The fraction of sp³-hybridized carbons (Fsp3) is 0.462. The van der Waals surface area contributed by atoms with Crippen LogP contribution in [0, 0.1) is 5.82 Å². The predicted octanol–water partition coefficient (Wildman–Crippen LogP) is 2.06. The second-order valence-corrected chi connectivity index (χ2v) is 5.12. The summed E-state index contributed by atoms with van der Waals surface area (Å²) in [7, 11) is 0. The third-order valence-electron chi connectivity index (χ3n) is 3.50. The van der Waals surface area contributed by atoms with Crippen LogP contribution in [0.15, 0.2) is 18.2 Å². The van der Waals surface area contributed by atoms with Crippen molar-refractivity contribution in [3.05, 3.63) is 24.0 Å². The Morgan fingerprint density at radius 3 is 2.79 bits per heavy atom. The number of benzene rings is 1. The summed E-state index contributed by atoms with van der Waals surface area (Å²) in [6, 6.07) is 4.62. The molecule has 0 amide bonds. The second-order valence-electron chi connectivity index (χ2n) is 4.74. The quantitative estimate of drug-likeness (QED) is 0.876. The molecule has 1 aromatic heterocycles. The van der Waals surface area contributed by atoms with E-state index >= 15 is 0 Å². The Bertz CT molecular complexity index is 563. The molecule has 1 aliphatic heterocycles. The second kappa shape index (κ2) is 5.35. The highest BCUT2D eigenvalue weighted by Crippen LogP contribution is 2.19. The van der Waals surface area contributed by atoms with Gasteiger partial charge in [-0.05, 0) is 18.2 Å². The first-order chi connectivity index (χ1) is 9.26. The summed E-state index contributed by atoms with van der Waals surface area (Å²) < 4.78 is 13.1. The Hall–Kier alpha value is -1.33. The van der Waals surface area contributed by atoms with Crippen molar-refractivity contribution in [2.75, 3.05) is 43.5 Å². The lowest BCUT2D eigenvalue weighted by Gasteiger charge is -2.34. The van der Waals surface area contributed by atoms with Crippen molar-refractivity contribution in [2.24, 2.45) is 0 Å². The number of nitrogens with zero attached hydrogens (tertiary/aromatic N) is 3. The molecule has 4 nitrogen and oxygen atoms in total. The molecular weight excluding hydrogens is 267 g/mol. The van der Waals surface area contributed by atoms with Crippen molar-refractivity contribution in [1.82, 2.24) is 14.9 Å². The maximum Gasteiger partial charge on any atom is 0.203 e. The van der Waals surface area contributed by atoms with Crippen LogP contribution in [-0.2, 0) is 0 Å². The van der Waals surface area contributed by atoms with Gasteiger partial charge < -0.3 is 9.88 Å². The third kappa shape index (κ3) is 2.67. The molecule has 2 heterocycles. The zero-order valence-corrected chi connectivity index (χ0v) is 11.3. The van der Waals surface area contributed by atoms with E-state index in [2.05, 4.69) is 19.8 Å². The van der Waals surface area contributed by atoms with Gasteiger partial charge in [0.25, 0.3) is 0 Å². The van der Waals surface area contributed by atoms with Crippen molar-refractivity contribution in [3.8, 4) is 0 Å². The molecule has 0 atom stereocenters.